The van der Waals surface area contributed by atoms with Gasteiger partial charge in [-0.05, 0) is 51.5 Å². The lowest BCUT2D eigenvalue weighted by Gasteiger charge is -2.36. The molecule has 2 aromatic rings. The summed E-state index contributed by atoms with van der Waals surface area (Å²) in [6.45, 7) is 9.85. The summed E-state index contributed by atoms with van der Waals surface area (Å²) in [5, 5.41) is 7.34. The van der Waals surface area contributed by atoms with E-state index in [1.54, 1.807) is 9.58 Å². The zero-order valence-corrected chi connectivity index (χ0v) is 16.4. The second-order valence-corrected chi connectivity index (χ2v) is 7.16. The smallest absolute Gasteiger partial charge is 0.321 e. The standard InChI is InChI=1S/C20H27N5O2/c1-14-6-5-7-18(12-14)21-20(27)24-10-8-23(9-11-24)19(26)17(4)25-16(3)13-15(2)22-25/h5-7,12-13,17H,8-11H2,1-4H3,(H,21,27). The molecule has 0 bridgehead atoms. The molecule has 3 amide bonds. The van der Waals surface area contributed by atoms with Crippen LogP contribution in [0.4, 0.5) is 10.5 Å². The Morgan fingerprint density at radius 2 is 1.70 bits per heavy atom. The summed E-state index contributed by atoms with van der Waals surface area (Å²) in [6.07, 6.45) is 0. The Labute approximate surface area is 159 Å². The fourth-order valence-corrected chi connectivity index (χ4v) is 3.46. The fourth-order valence-electron chi connectivity index (χ4n) is 3.46. The molecule has 0 aliphatic carbocycles. The van der Waals surface area contributed by atoms with Crippen LogP contribution in [0.25, 0.3) is 0 Å². The highest BCUT2D eigenvalue weighted by molar-refractivity contribution is 5.89. The van der Waals surface area contributed by atoms with Crippen molar-refractivity contribution in [2.75, 3.05) is 31.5 Å². The van der Waals surface area contributed by atoms with Crippen molar-refractivity contribution in [2.24, 2.45) is 0 Å². The van der Waals surface area contributed by atoms with E-state index in [4.69, 9.17) is 0 Å². The van der Waals surface area contributed by atoms with Gasteiger partial charge in [0, 0.05) is 37.6 Å². The first-order valence-electron chi connectivity index (χ1n) is 9.29. The molecule has 0 saturated carbocycles. The maximum atomic E-state index is 12.8. The number of hydrogen-bond donors (Lipinski definition) is 1. The molecule has 1 aromatic heterocycles. The highest BCUT2D eigenvalue weighted by Gasteiger charge is 2.28. The number of amides is 3. The summed E-state index contributed by atoms with van der Waals surface area (Å²) in [4.78, 5) is 28.8. The van der Waals surface area contributed by atoms with Crippen LogP contribution in [0, 0.1) is 20.8 Å². The molecule has 2 heterocycles. The zero-order chi connectivity index (χ0) is 19.6. The molecule has 1 aromatic carbocycles. The van der Waals surface area contributed by atoms with Gasteiger partial charge in [0.1, 0.15) is 6.04 Å². The molecule has 7 nitrogen and oxygen atoms in total. The van der Waals surface area contributed by atoms with E-state index in [1.807, 2.05) is 62.9 Å². The topological polar surface area (TPSA) is 70.5 Å². The Bertz CT molecular complexity index is 837. The summed E-state index contributed by atoms with van der Waals surface area (Å²) in [6, 6.07) is 9.23. The molecule has 3 rings (SSSR count). The van der Waals surface area contributed by atoms with Crippen LogP contribution in [-0.4, -0.2) is 57.7 Å². The average molecular weight is 369 g/mol. The number of benzene rings is 1. The molecule has 1 unspecified atom stereocenters. The van der Waals surface area contributed by atoms with Crippen molar-refractivity contribution in [1.29, 1.82) is 0 Å². The minimum absolute atomic E-state index is 0.0416. The van der Waals surface area contributed by atoms with Gasteiger partial charge in [-0.25, -0.2) is 4.79 Å². The number of aryl methyl sites for hydroxylation is 3. The number of carbonyl (C=O) groups excluding carboxylic acids is 2. The van der Waals surface area contributed by atoms with Crippen LogP contribution >= 0.6 is 0 Å². The number of aromatic nitrogens is 2. The maximum Gasteiger partial charge on any atom is 0.321 e. The molecule has 0 radical (unpaired) electrons. The number of urea groups is 1. The van der Waals surface area contributed by atoms with Gasteiger partial charge in [-0.3, -0.25) is 9.48 Å². The van der Waals surface area contributed by atoms with Crippen molar-refractivity contribution in [3.8, 4) is 0 Å². The molecule has 0 spiro atoms. The molecule has 1 atom stereocenters. The van der Waals surface area contributed by atoms with Crippen molar-refractivity contribution in [2.45, 2.75) is 33.7 Å². The number of nitrogens with zero attached hydrogens (tertiary/aromatic N) is 4. The van der Waals surface area contributed by atoms with Gasteiger partial charge in [-0.2, -0.15) is 5.10 Å². The molecule has 144 valence electrons. The minimum atomic E-state index is -0.341. The summed E-state index contributed by atoms with van der Waals surface area (Å²) in [5.41, 5.74) is 3.77. The molecule has 1 fully saturated rings. The summed E-state index contributed by atoms with van der Waals surface area (Å²) in [5.74, 6) is 0.0416. The summed E-state index contributed by atoms with van der Waals surface area (Å²) < 4.78 is 1.77. The third-order valence-electron chi connectivity index (χ3n) is 4.92. The van der Waals surface area contributed by atoms with Gasteiger partial charge in [-0.1, -0.05) is 12.1 Å². The van der Waals surface area contributed by atoms with Crippen molar-refractivity contribution < 1.29 is 9.59 Å². The SMILES string of the molecule is Cc1cccc(NC(=O)N2CCN(C(=O)C(C)n3nc(C)cc3C)CC2)c1. The van der Waals surface area contributed by atoms with Gasteiger partial charge in [-0.15, -0.1) is 0 Å². The number of nitrogens with one attached hydrogen (secondary N) is 1. The third kappa shape index (κ3) is 4.30. The second-order valence-electron chi connectivity index (χ2n) is 7.16. The molecule has 1 aliphatic heterocycles. The number of hydrogen-bond acceptors (Lipinski definition) is 3. The number of piperazine rings is 1. The monoisotopic (exact) mass is 369 g/mol. The summed E-state index contributed by atoms with van der Waals surface area (Å²) >= 11 is 0. The van der Waals surface area contributed by atoms with Crippen LogP contribution in [0.1, 0.15) is 29.9 Å². The van der Waals surface area contributed by atoms with Gasteiger partial charge in [0.25, 0.3) is 0 Å². The first-order chi connectivity index (χ1) is 12.8. The minimum Gasteiger partial charge on any atom is -0.337 e. The molecule has 1 saturated heterocycles. The molecule has 27 heavy (non-hydrogen) atoms. The Balaban J connectivity index is 1.55. The number of anilines is 1. The van der Waals surface area contributed by atoms with Crippen LogP contribution in [0.5, 0.6) is 0 Å². The highest BCUT2D eigenvalue weighted by atomic mass is 16.2. The van der Waals surface area contributed by atoms with E-state index in [1.165, 1.54) is 0 Å². The lowest BCUT2D eigenvalue weighted by molar-refractivity contribution is -0.136. The van der Waals surface area contributed by atoms with Gasteiger partial charge in [0.05, 0.1) is 5.69 Å². The zero-order valence-electron chi connectivity index (χ0n) is 16.4. The normalized spacial score (nSPS) is 15.6. The predicted octanol–water partition coefficient (Wildman–Crippen LogP) is 2.75. The van der Waals surface area contributed by atoms with E-state index in [9.17, 15) is 9.59 Å². The van der Waals surface area contributed by atoms with E-state index >= 15 is 0 Å². The number of rotatable bonds is 3. The largest absolute Gasteiger partial charge is 0.337 e. The first kappa shape index (κ1) is 18.9. The van der Waals surface area contributed by atoms with Gasteiger partial charge >= 0.3 is 6.03 Å². The lowest BCUT2D eigenvalue weighted by Crippen LogP contribution is -2.52. The first-order valence-corrected chi connectivity index (χ1v) is 9.29. The van der Waals surface area contributed by atoms with Crippen LogP contribution in [0.3, 0.4) is 0 Å². The van der Waals surface area contributed by atoms with Crippen molar-refractivity contribution in [3.05, 3.63) is 47.3 Å². The maximum absolute atomic E-state index is 12.8. The molecule has 1 aliphatic rings. The van der Waals surface area contributed by atoms with E-state index in [0.717, 1.165) is 22.6 Å². The summed E-state index contributed by atoms with van der Waals surface area (Å²) in [7, 11) is 0. The quantitative estimate of drug-likeness (QED) is 0.904. The van der Waals surface area contributed by atoms with E-state index in [-0.39, 0.29) is 18.0 Å². The molecular formula is C20H27N5O2. The Kier molecular flexibility index (Phi) is 5.48. The average Bonchev–Trinajstić information content (AvgIpc) is 2.98. The van der Waals surface area contributed by atoms with Gasteiger partial charge in [0.15, 0.2) is 0 Å². The van der Waals surface area contributed by atoms with Gasteiger partial charge in [0.2, 0.25) is 5.91 Å². The van der Waals surface area contributed by atoms with Crippen LogP contribution in [-0.2, 0) is 4.79 Å². The number of carbonyl (C=O) groups is 2. The third-order valence-corrected chi connectivity index (χ3v) is 4.92. The fraction of sp³-hybridized carbons (Fsp3) is 0.450. The molecular weight excluding hydrogens is 342 g/mol. The van der Waals surface area contributed by atoms with E-state index < -0.39 is 0 Å². The lowest BCUT2D eigenvalue weighted by atomic mass is 10.2. The van der Waals surface area contributed by atoms with Crippen molar-refractivity contribution >= 4 is 17.6 Å². The van der Waals surface area contributed by atoms with Crippen molar-refractivity contribution in [1.82, 2.24) is 19.6 Å². The Morgan fingerprint density at radius 3 is 2.30 bits per heavy atom. The molecule has 7 heteroatoms. The molecule has 1 N–H and O–H groups in total. The van der Waals surface area contributed by atoms with Crippen LogP contribution < -0.4 is 5.32 Å². The van der Waals surface area contributed by atoms with E-state index in [2.05, 4.69) is 10.4 Å². The Hall–Kier alpha value is -2.83. The van der Waals surface area contributed by atoms with Gasteiger partial charge < -0.3 is 15.1 Å². The van der Waals surface area contributed by atoms with Crippen molar-refractivity contribution in [3.63, 3.8) is 0 Å². The predicted molar refractivity (Wildman–Crippen MR) is 105 cm³/mol. The Morgan fingerprint density at radius 1 is 1.04 bits per heavy atom. The highest BCUT2D eigenvalue weighted by Crippen LogP contribution is 2.16. The van der Waals surface area contributed by atoms with E-state index in [0.29, 0.717) is 26.2 Å². The van der Waals surface area contributed by atoms with Crippen LogP contribution in [0.2, 0.25) is 0 Å². The van der Waals surface area contributed by atoms with Crippen LogP contribution in [0.15, 0.2) is 30.3 Å². The second kappa shape index (κ2) is 7.82.